The number of hydrogen-bond donors (Lipinski definition) is 2. The molecule has 20 heavy (non-hydrogen) atoms. The normalized spacial score (nSPS) is 16.4. The second-order valence-corrected chi connectivity index (χ2v) is 5.88. The molecule has 1 aromatic carbocycles. The van der Waals surface area contributed by atoms with Gasteiger partial charge in [0.25, 0.3) is 0 Å². The molecule has 4 nitrogen and oxygen atoms in total. The zero-order valence-electron chi connectivity index (χ0n) is 12.1. The molecule has 1 aliphatic rings. The van der Waals surface area contributed by atoms with Gasteiger partial charge in [-0.1, -0.05) is 31.4 Å². The van der Waals surface area contributed by atoms with E-state index in [1.165, 1.54) is 37.7 Å². The van der Waals surface area contributed by atoms with Gasteiger partial charge >= 0.3 is 0 Å². The van der Waals surface area contributed by atoms with Gasteiger partial charge in [-0.15, -0.1) is 0 Å². The number of benzene rings is 1. The molecule has 0 bridgehead atoms. The summed E-state index contributed by atoms with van der Waals surface area (Å²) in [6.45, 7) is 2.06. The first-order valence-corrected chi connectivity index (χ1v) is 7.48. The molecule has 0 spiro atoms. The van der Waals surface area contributed by atoms with Gasteiger partial charge in [-0.05, 0) is 36.5 Å². The minimum atomic E-state index is -0.253. The number of rotatable bonds is 6. The van der Waals surface area contributed by atoms with Crippen LogP contribution < -0.4 is 11.5 Å². The molecule has 0 unspecified atom stereocenters. The van der Waals surface area contributed by atoms with Gasteiger partial charge in [0.1, 0.15) is 0 Å². The van der Waals surface area contributed by atoms with Crippen LogP contribution in [0.5, 0.6) is 0 Å². The van der Waals surface area contributed by atoms with E-state index in [9.17, 15) is 4.79 Å². The van der Waals surface area contributed by atoms with E-state index in [1.54, 1.807) is 0 Å². The highest BCUT2D eigenvalue weighted by atomic mass is 16.1. The van der Waals surface area contributed by atoms with E-state index < -0.39 is 0 Å². The van der Waals surface area contributed by atoms with Gasteiger partial charge < -0.3 is 11.5 Å². The zero-order chi connectivity index (χ0) is 14.4. The van der Waals surface area contributed by atoms with Gasteiger partial charge in [0.2, 0.25) is 5.91 Å². The summed E-state index contributed by atoms with van der Waals surface area (Å²) in [5.41, 5.74) is 13.0. The number of carbonyl (C=O) groups is 1. The first kappa shape index (κ1) is 14.9. The first-order chi connectivity index (χ1) is 9.63. The molecular formula is C16H25N3O. The minimum Gasteiger partial charge on any atom is -0.399 e. The van der Waals surface area contributed by atoms with Crippen LogP contribution in [-0.2, 0) is 11.3 Å². The molecule has 0 atom stereocenters. The number of hydrogen-bond acceptors (Lipinski definition) is 3. The Bertz CT molecular complexity index is 424. The van der Waals surface area contributed by atoms with Crippen molar-refractivity contribution in [2.24, 2.45) is 11.7 Å². The predicted octanol–water partition coefficient (Wildman–Crippen LogP) is 2.14. The second kappa shape index (κ2) is 7.29. The number of amides is 1. The van der Waals surface area contributed by atoms with Gasteiger partial charge in [-0.3, -0.25) is 9.69 Å². The molecule has 1 amide bonds. The number of anilines is 1. The molecule has 110 valence electrons. The monoisotopic (exact) mass is 275 g/mol. The topological polar surface area (TPSA) is 72.4 Å². The Morgan fingerprint density at radius 3 is 2.40 bits per heavy atom. The smallest absolute Gasteiger partial charge is 0.231 e. The SMILES string of the molecule is NC(=O)CN(Cc1ccc(N)cc1)CC1CCCCC1. The van der Waals surface area contributed by atoms with E-state index in [-0.39, 0.29) is 5.91 Å². The zero-order valence-corrected chi connectivity index (χ0v) is 12.1. The molecule has 1 aromatic rings. The Hall–Kier alpha value is -1.55. The van der Waals surface area contributed by atoms with E-state index in [2.05, 4.69) is 4.90 Å². The molecule has 0 heterocycles. The summed E-state index contributed by atoms with van der Waals surface area (Å²) in [5.74, 6) is 0.452. The van der Waals surface area contributed by atoms with Gasteiger partial charge in [-0.2, -0.15) is 0 Å². The molecule has 4 heteroatoms. The molecule has 2 rings (SSSR count). The third-order valence-electron chi connectivity index (χ3n) is 4.01. The van der Waals surface area contributed by atoms with Crippen molar-refractivity contribution >= 4 is 11.6 Å². The maximum absolute atomic E-state index is 11.3. The molecule has 1 fully saturated rings. The largest absolute Gasteiger partial charge is 0.399 e. The lowest BCUT2D eigenvalue weighted by molar-refractivity contribution is -0.119. The van der Waals surface area contributed by atoms with E-state index >= 15 is 0 Å². The number of nitrogens with two attached hydrogens (primary N) is 2. The number of primary amides is 1. The van der Waals surface area contributed by atoms with Gasteiger partial charge in [0.15, 0.2) is 0 Å². The molecular weight excluding hydrogens is 250 g/mol. The standard InChI is InChI=1S/C16H25N3O/c17-15-8-6-14(7-9-15)11-19(12-16(18)20)10-13-4-2-1-3-5-13/h6-9,13H,1-5,10-12,17H2,(H2,18,20). The van der Waals surface area contributed by atoms with Crippen molar-refractivity contribution in [3.8, 4) is 0 Å². The van der Waals surface area contributed by atoms with Crippen molar-refractivity contribution < 1.29 is 4.79 Å². The van der Waals surface area contributed by atoms with Crippen molar-refractivity contribution in [1.29, 1.82) is 0 Å². The fourth-order valence-electron chi connectivity index (χ4n) is 3.02. The van der Waals surface area contributed by atoms with Gasteiger partial charge in [0.05, 0.1) is 6.54 Å². The number of carbonyl (C=O) groups excluding carboxylic acids is 1. The van der Waals surface area contributed by atoms with Crippen molar-refractivity contribution in [2.75, 3.05) is 18.8 Å². The van der Waals surface area contributed by atoms with Crippen molar-refractivity contribution in [1.82, 2.24) is 4.90 Å². The van der Waals surface area contributed by atoms with Gasteiger partial charge in [0, 0.05) is 18.8 Å². The lowest BCUT2D eigenvalue weighted by Gasteiger charge is -2.29. The van der Waals surface area contributed by atoms with Crippen LogP contribution in [0.1, 0.15) is 37.7 Å². The van der Waals surface area contributed by atoms with E-state index in [4.69, 9.17) is 11.5 Å². The highest BCUT2D eigenvalue weighted by Gasteiger charge is 2.18. The minimum absolute atomic E-state index is 0.253. The summed E-state index contributed by atoms with van der Waals surface area (Å²) < 4.78 is 0. The highest BCUT2D eigenvalue weighted by Crippen LogP contribution is 2.25. The van der Waals surface area contributed by atoms with Crippen LogP contribution in [0, 0.1) is 5.92 Å². The molecule has 4 N–H and O–H groups in total. The lowest BCUT2D eigenvalue weighted by atomic mass is 9.89. The maximum Gasteiger partial charge on any atom is 0.231 e. The summed E-state index contributed by atoms with van der Waals surface area (Å²) in [6, 6.07) is 7.84. The maximum atomic E-state index is 11.3. The molecule has 0 saturated heterocycles. The van der Waals surface area contributed by atoms with E-state index in [1.807, 2.05) is 24.3 Å². The van der Waals surface area contributed by atoms with E-state index in [0.29, 0.717) is 12.5 Å². The van der Waals surface area contributed by atoms with Crippen LogP contribution in [-0.4, -0.2) is 23.9 Å². The fraction of sp³-hybridized carbons (Fsp3) is 0.562. The second-order valence-electron chi connectivity index (χ2n) is 5.88. The van der Waals surface area contributed by atoms with Crippen LogP contribution in [0.2, 0.25) is 0 Å². The third-order valence-corrected chi connectivity index (χ3v) is 4.01. The summed E-state index contributed by atoms with van der Waals surface area (Å²) >= 11 is 0. The molecule has 0 aromatic heterocycles. The number of nitrogens with zero attached hydrogens (tertiary/aromatic N) is 1. The summed E-state index contributed by atoms with van der Waals surface area (Å²) in [4.78, 5) is 13.4. The summed E-state index contributed by atoms with van der Waals surface area (Å²) in [5, 5.41) is 0. The van der Waals surface area contributed by atoms with Crippen LogP contribution in [0.3, 0.4) is 0 Å². The quantitative estimate of drug-likeness (QED) is 0.781. The Morgan fingerprint density at radius 2 is 1.80 bits per heavy atom. The molecule has 0 aliphatic heterocycles. The lowest BCUT2D eigenvalue weighted by Crippen LogP contribution is -2.37. The Labute approximate surface area is 121 Å². The fourth-order valence-corrected chi connectivity index (χ4v) is 3.02. The average Bonchev–Trinajstić information content (AvgIpc) is 2.42. The summed E-state index contributed by atoms with van der Waals surface area (Å²) in [7, 11) is 0. The molecule has 1 aliphatic carbocycles. The molecule has 1 saturated carbocycles. The summed E-state index contributed by atoms with van der Waals surface area (Å²) in [6.07, 6.45) is 6.53. The molecule has 0 radical (unpaired) electrons. The first-order valence-electron chi connectivity index (χ1n) is 7.48. The van der Waals surface area contributed by atoms with Crippen LogP contribution in [0.15, 0.2) is 24.3 Å². The Morgan fingerprint density at radius 1 is 1.15 bits per heavy atom. The highest BCUT2D eigenvalue weighted by molar-refractivity contribution is 5.75. The third kappa shape index (κ3) is 4.85. The van der Waals surface area contributed by atoms with Crippen molar-refractivity contribution in [3.05, 3.63) is 29.8 Å². The Kier molecular flexibility index (Phi) is 5.41. The predicted molar refractivity (Wildman–Crippen MR) is 81.9 cm³/mol. The number of nitrogen functional groups attached to an aromatic ring is 1. The van der Waals surface area contributed by atoms with Crippen LogP contribution in [0.4, 0.5) is 5.69 Å². The Balaban J connectivity index is 1.95. The van der Waals surface area contributed by atoms with Gasteiger partial charge in [-0.25, -0.2) is 0 Å². The van der Waals surface area contributed by atoms with E-state index in [0.717, 1.165) is 18.8 Å². The van der Waals surface area contributed by atoms with Crippen LogP contribution in [0.25, 0.3) is 0 Å². The average molecular weight is 275 g/mol. The van der Waals surface area contributed by atoms with Crippen molar-refractivity contribution in [3.63, 3.8) is 0 Å². The van der Waals surface area contributed by atoms with Crippen molar-refractivity contribution in [2.45, 2.75) is 38.6 Å². The van der Waals surface area contributed by atoms with Crippen LogP contribution >= 0.6 is 0 Å².